The second-order valence-electron chi connectivity index (χ2n) is 7.49. The fourth-order valence-electron chi connectivity index (χ4n) is 4.58. The van der Waals surface area contributed by atoms with E-state index in [1.165, 1.54) is 43.4 Å². The lowest BCUT2D eigenvalue weighted by Gasteiger charge is -2.47. The Morgan fingerprint density at radius 3 is 2.88 bits per heavy atom. The molecule has 1 amide bonds. The number of carbonyl (C=O) groups excluding carboxylic acids is 1. The lowest BCUT2D eigenvalue weighted by molar-refractivity contribution is 0.0579. The Kier molecular flexibility index (Phi) is 3.77. The van der Waals surface area contributed by atoms with Gasteiger partial charge in [0.1, 0.15) is 11.5 Å². The van der Waals surface area contributed by atoms with Crippen molar-refractivity contribution in [1.82, 2.24) is 15.3 Å². The van der Waals surface area contributed by atoms with E-state index >= 15 is 0 Å². The number of aliphatic imine (C=N–C) groups is 1. The van der Waals surface area contributed by atoms with Crippen molar-refractivity contribution in [1.29, 1.82) is 0 Å². The van der Waals surface area contributed by atoms with Crippen molar-refractivity contribution >= 4 is 34.4 Å². The van der Waals surface area contributed by atoms with Crippen LogP contribution in [0.1, 0.15) is 60.1 Å². The van der Waals surface area contributed by atoms with Gasteiger partial charge in [-0.15, -0.1) is 11.3 Å². The fraction of sp³-hybridized carbons (Fsp3) is 0.474. The van der Waals surface area contributed by atoms with Crippen molar-refractivity contribution in [3.8, 4) is 0 Å². The van der Waals surface area contributed by atoms with Gasteiger partial charge in [0.05, 0.1) is 6.54 Å². The van der Waals surface area contributed by atoms with Gasteiger partial charge in [-0.25, -0.2) is 9.97 Å². The molecule has 1 spiro atoms. The third kappa shape index (κ3) is 2.61. The monoisotopic (exact) mass is 367 g/mol. The van der Waals surface area contributed by atoms with Crippen LogP contribution in [0.4, 0.5) is 10.9 Å². The number of pyridine rings is 1. The summed E-state index contributed by atoms with van der Waals surface area (Å²) in [5.74, 6) is 0.576. The molecule has 0 aromatic carbocycles. The highest BCUT2D eigenvalue weighted by molar-refractivity contribution is 7.13. The number of fused-ring (bicyclic) bond motifs is 1. The maximum atomic E-state index is 13.0. The lowest BCUT2D eigenvalue weighted by Crippen LogP contribution is -2.54. The molecule has 6 nitrogen and oxygen atoms in total. The van der Waals surface area contributed by atoms with E-state index < -0.39 is 0 Å². The van der Waals surface area contributed by atoms with Crippen LogP contribution in [0.15, 0.2) is 22.6 Å². The second kappa shape index (κ2) is 6.16. The summed E-state index contributed by atoms with van der Waals surface area (Å²) in [5.41, 5.74) is 2.74. The van der Waals surface area contributed by atoms with Crippen LogP contribution in [-0.4, -0.2) is 28.1 Å². The molecule has 2 aromatic rings. The molecule has 2 fully saturated rings. The number of aromatic nitrogens is 2. The zero-order valence-electron chi connectivity index (χ0n) is 14.5. The molecule has 1 aliphatic heterocycles. The standard InChI is InChI=1S/C19H21N5OS/c25-17(22-14-3-6-19(14)4-1-2-5-19)16-13-11-20-10-12(13)9-15(23-16)24-18-21-7-8-26-18/h7-10,14H,1-6,11H2,(H,22,25)(H,21,23,24). The Bertz CT molecular complexity index is 870. The lowest BCUT2D eigenvalue weighted by atomic mass is 9.63. The van der Waals surface area contributed by atoms with Crippen molar-refractivity contribution < 1.29 is 4.79 Å². The molecule has 0 saturated heterocycles. The van der Waals surface area contributed by atoms with E-state index in [1.54, 1.807) is 6.20 Å². The normalized spacial score (nSPS) is 22.2. The summed E-state index contributed by atoms with van der Waals surface area (Å²) >= 11 is 1.50. The maximum Gasteiger partial charge on any atom is 0.270 e. The molecule has 3 aliphatic rings. The van der Waals surface area contributed by atoms with Crippen LogP contribution in [0.3, 0.4) is 0 Å². The Labute approximate surface area is 156 Å². The highest BCUT2D eigenvalue weighted by atomic mass is 32.1. The van der Waals surface area contributed by atoms with E-state index in [4.69, 9.17) is 0 Å². The van der Waals surface area contributed by atoms with Crippen LogP contribution in [0.2, 0.25) is 0 Å². The van der Waals surface area contributed by atoms with Gasteiger partial charge < -0.3 is 10.6 Å². The first-order valence-electron chi connectivity index (χ1n) is 9.25. The molecule has 0 radical (unpaired) electrons. The predicted molar refractivity (Wildman–Crippen MR) is 102 cm³/mol. The second-order valence-corrected chi connectivity index (χ2v) is 8.38. The van der Waals surface area contributed by atoms with Gasteiger partial charge in [-0.3, -0.25) is 9.79 Å². The zero-order chi connectivity index (χ0) is 17.6. The van der Waals surface area contributed by atoms with Crippen LogP contribution in [0.25, 0.3) is 0 Å². The van der Waals surface area contributed by atoms with Crippen molar-refractivity contribution in [2.45, 2.75) is 51.1 Å². The summed E-state index contributed by atoms with van der Waals surface area (Å²) in [7, 11) is 0. The summed E-state index contributed by atoms with van der Waals surface area (Å²) in [6.07, 6.45) is 11.0. The number of thiazole rings is 1. The molecule has 2 aromatic heterocycles. The van der Waals surface area contributed by atoms with Gasteiger partial charge in [0, 0.05) is 35.0 Å². The number of carbonyl (C=O) groups is 1. The molecule has 0 bridgehead atoms. The Morgan fingerprint density at radius 1 is 1.27 bits per heavy atom. The van der Waals surface area contributed by atoms with Crippen molar-refractivity contribution in [3.63, 3.8) is 0 Å². The number of rotatable bonds is 4. The van der Waals surface area contributed by atoms with Gasteiger partial charge in [-0.1, -0.05) is 12.8 Å². The van der Waals surface area contributed by atoms with Crippen LogP contribution in [-0.2, 0) is 6.54 Å². The minimum absolute atomic E-state index is 0.0643. The molecule has 3 heterocycles. The summed E-state index contributed by atoms with van der Waals surface area (Å²) in [6.45, 7) is 0.526. The number of hydrogen-bond donors (Lipinski definition) is 2. The predicted octanol–water partition coefficient (Wildman–Crippen LogP) is 3.67. The number of amides is 1. The van der Waals surface area contributed by atoms with Gasteiger partial charge in [0.15, 0.2) is 5.13 Å². The van der Waals surface area contributed by atoms with E-state index in [1.807, 2.05) is 17.7 Å². The van der Waals surface area contributed by atoms with E-state index in [2.05, 4.69) is 25.6 Å². The van der Waals surface area contributed by atoms with E-state index in [-0.39, 0.29) is 5.91 Å². The molecule has 2 aliphatic carbocycles. The number of nitrogens with one attached hydrogen (secondary N) is 2. The van der Waals surface area contributed by atoms with E-state index in [9.17, 15) is 4.79 Å². The van der Waals surface area contributed by atoms with Gasteiger partial charge in [0.25, 0.3) is 5.91 Å². The highest BCUT2D eigenvalue weighted by Crippen LogP contribution is 2.53. The third-order valence-electron chi connectivity index (χ3n) is 6.10. The molecule has 7 heteroatoms. The first-order valence-corrected chi connectivity index (χ1v) is 10.1. The molecule has 1 unspecified atom stereocenters. The average Bonchev–Trinajstić information content (AvgIpc) is 3.38. The molecule has 134 valence electrons. The topological polar surface area (TPSA) is 79.3 Å². The molecular formula is C19H21N5OS. The maximum absolute atomic E-state index is 13.0. The molecular weight excluding hydrogens is 346 g/mol. The largest absolute Gasteiger partial charge is 0.347 e. The Morgan fingerprint density at radius 2 is 2.15 bits per heavy atom. The van der Waals surface area contributed by atoms with Gasteiger partial charge in [-0.2, -0.15) is 0 Å². The number of nitrogens with zero attached hydrogens (tertiary/aromatic N) is 3. The number of anilines is 2. The third-order valence-corrected chi connectivity index (χ3v) is 6.78. The van der Waals surface area contributed by atoms with Crippen LogP contribution >= 0.6 is 11.3 Å². The zero-order valence-corrected chi connectivity index (χ0v) is 15.3. The molecule has 1 atom stereocenters. The average molecular weight is 367 g/mol. The van der Waals surface area contributed by atoms with Crippen molar-refractivity contribution in [3.05, 3.63) is 34.5 Å². The van der Waals surface area contributed by atoms with Crippen LogP contribution in [0, 0.1) is 5.41 Å². The molecule has 2 saturated carbocycles. The smallest absolute Gasteiger partial charge is 0.270 e. The number of hydrogen-bond acceptors (Lipinski definition) is 6. The Balaban J connectivity index is 1.41. The molecule has 5 rings (SSSR count). The van der Waals surface area contributed by atoms with Gasteiger partial charge in [0.2, 0.25) is 0 Å². The highest BCUT2D eigenvalue weighted by Gasteiger charge is 2.48. The summed E-state index contributed by atoms with van der Waals surface area (Å²) in [4.78, 5) is 26.2. The summed E-state index contributed by atoms with van der Waals surface area (Å²) in [6, 6.07) is 2.24. The minimum Gasteiger partial charge on any atom is -0.347 e. The van der Waals surface area contributed by atoms with Crippen molar-refractivity contribution in [2.24, 2.45) is 10.4 Å². The molecule has 2 N–H and O–H groups in total. The van der Waals surface area contributed by atoms with E-state index in [0.29, 0.717) is 29.5 Å². The van der Waals surface area contributed by atoms with Gasteiger partial charge in [-0.05, 0) is 37.2 Å². The van der Waals surface area contributed by atoms with E-state index in [0.717, 1.165) is 22.7 Å². The van der Waals surface area contributed by atoms with Crippen molar-refractivity contribution in [2.75, 3.05) is 5.32 Å². The van der Waals surface area contributed by atoms with Crippen LogP contribution < -0.4 is 10.6 Å². The SMILES string of the molecule is O=C(NC1CCC12CCCC2)c1nc(Nc2nccs2)cc2c1CN=C2. The van der Waals surface area contributed by atoms with Gasteiger partial charge >= 0.3 is 0 Å². The fourth-order valence-corrected chi connectivity index (χ4v) is 5.12. The quantitative estimate of drug-likeness (QED) is 0.864. The first kappa shape index (κ1) is 15.9. The minimum atomic E-state index is -0.0643. The Hall–Kier alpha value is -2.28. The summed E-state index contributed by atoms with van der Waals surface area (Å²) in [5, 5.41) is 9.15. The molecule has 26 heavy (non-hydrogen) atoms. The summed E-state index contributed by atoms with van der Waals surface area (Å²) < 4.78 is 0. The first-order chi connectivity index (χ1) is 12.7. The van der Waals surface area contributed by atoms with Crippen LogP contribution in [0.5, 0.6) is 0 Å².